The summed E-state index contributed by atoms with van der Waals surface area (Å²) in [6.07, 6.45) is 3.91. The average molecular weight is 1980 g/mol. The summed E-state index contributed by atoms with van der Waals surface area (Å²) in [5.74, 6) is -19.9. The molecule has 0 unspecified atom stereocenters. The number of amides is 15. The Hall–Kier alpha value is -13.6. The van der Waals surface area contributed by atoms with E-state index >= 15 is 38.4 Å². The first-order valence-corrected chi connectivity index (χ1v) is 49.0. The maximum atomic E-state index is 16.1. The first-order chi connectivity index (χ1) is 67.2. The largest absolute Gasteiger partial charge is 0.508 e. The zero-order valence-electron chi connectivity index (χ0n) is 80.8. The zero-order valence-corrected chi connectivity index (χ0v) is 81.6. The Bertz CT molecular complexity index is 5380. The Labute approximate surface area is 820 Å². The van der Waals surface area contributed by atoms with E-state index in [1.807, 2.05) is 13.8 Å². The number of hydrogen-bond donors (Lipinski definition) is 19. The SMILES string of the molecule is CCCC[C@H]1C(=O)N(C)[C@@H](CCCC)C(=O)N[C@@H](CC(C)C)C(=O)N[C@H](C(=O)NCC(=O)O)CSCC(=O)N[C@@H](Cc2ccc(O)cc2)C(=O)N(C)[C@@H](C)C(=O)N[C@H](CC(=O)O)C(=O)N2CCC[C@H]2C(=O)N[C@@H](Cc2cnc[nH]2)C(=O)N[C@@H](CCCCN)C(=O)N2C[C@H](O)C[C@H]2C(=O)N[C@@H](Cc2c[nH]c3ccccc23)C(=O)N[C@@H](CCCCN)C(=O)N[C@@H](Cc2cn(CC(=O)O)c3ccccc23)C(=O)N1C. The number of fused-ring (bicyclic) bond motifs is 4. The van der Waals surface area contributed by atoms with E-state index in [9.17, 15) is 73.5 Å². The molecule has 768 valence electrons. The van der Waals surface area contributed by atoms with Crippen LogP contribution in [0.3, 0.4) is 0 Å². The first-order valence-electron chi connectivity index (χ1n) is 47.8. The van der Waals surface area contributed by atoms with E-state index < -0.39 is 241 Å². The van der Waals surface area contributed by atoms with Gasteiger partial charge in [-0.2, -0.15) is 0 Å². The molecule has 6 heterocycles. The minimum absolute atomic E-state index is 0.0138. The molecule has 3 aliphatic rings. The number of nitrogens with two attached hydrogens (primary N) is 2. The van der Waals surface area contributed by atoms with Gasteiger partial charge in [-0.15, -0.1) is 11.8 Å². The molecule has 21 N–H and O–H groups in total. The molecule has 9 rings (SSSR count). The number of thioether (sulfide) groups is 1. The number of unbranched alkanes of at least 4 members (excludes halogenated alkanes) is 4. The third kappa shape index (κ3) is 31.5. The summed E-state index contributed by atoms with van der Waals surface area (Å²) in [7, 11) is 3.89. The van der Waals surface area contributed by atoms with Crippen molar-refractivity contribution in [3.8, 4) is 5.75 Å². The zero-order chi connectivity index (χ0) is 103. The van der Waals surface area contributed by atoms with E-state index in [2.05, 4.69) is 68.1 Å². The maximum Gasteiger partial charge on any atom is 0.323 e. The molecule has 3 aromatic carbocycles. The Balaban J connectivity index is 1.13. The number of carboxylic acid groups (broad SMARTS) is 3. The molecule has 3 aliphatic heterocycles. The number of carboxylic acids is 3. The van der Waals surface area contributed by atoms with Gasteiger partial charge >= 0.3 is 17.9 Å². The molecule has 15 atom stereocenters. The standard InChI is InChI=1S/C96H135N21O23S/c1-9-11-27-75-89(133)106-67(38-54(3)4)86(130)111-73(84(128)101-47-81(123)124)51-141-52-79(120)103-70(39-56-31-33-60(118)34-32-56)92(136)112(6)55(5)83(127)109-72(44-80(121)122)95(139)116-37-21-30-76(116)90(134)108-69(42-59-46-99-53-102-59)88(132)105-66(26-18-20-36-98)94(138)117-49-61(119)43-78(117)91(135)107-68(40-57-45-100-64-24-15-13-22-62(57)64)87(131)104-65(25-17-19-35-97)85(129)110-71(93(137)114(8)77(28-12-10-2)96(140)113(75)7)41-58-48-115(50-82(125)126)74-29-16-14-23-63(58)74/h13-16,22-24,29,31-34,45-46,48,53-55,61,65-73,75-78,100,118-119H,9-12,17-21,25-28,30,35-44,47,49-52,97-98H2,1-8H3,(H,99,102)(H,101,128)(H,103,120)(H,104,131)(H,105,132)(H,106,133)(H,107,135)(H,108,134)(H,109,127)(H,110,129)(H,111,130)(H,121,122)(H,123,124)(H,125,126)/t55-,61+,65-,66-,67-,68-,69-,70-,71-,72+,73-,75-,76-,77-,78-/m0/s1. The number of para-hydroxylation sites is 2. The molecular formula is C96H135N21O23S. The van der Waals surface area contributed by atoms with E-state index in [1.165, 1.54) is 75.6 Å². The lowest BCUT2D eigenvalue weighted by Gasteiger charge is -2.36. The molecule has 0 bridgehead atoms. The van der Waals surface area contributed by atoms with Crippen LogP contribution in [-0.4, -0.2) is 332 Å². The lowest BCUT2D eigenvalue weighted by Crippen LogP contribution is -2.61. The van der Waals surface area contributed by atoms with Crippen LogP contribution in [0, 0.1) is 5.92 Å². The molecule has 3 aromatic heterocycles. The smallest absolute Gasteiger partial charge is 0.323 e. The fourth-order valence-electron chi connectivity index (χ4n) is 17.7. The normalized spacial score (nSPS) is 24.3. The van der Waals surface area contributed by atoms with Gasteiger partial charge in [0.05, 0.1) is 24.6 Å². The number of H-pyrrole nitrogens is 2. The van der Waals surface area contributed by atoms with Crippen molar-refractivity contribution in [2.24, 2.45) is 17.4 Å². The minimum Gasteiger partial charge on any atom is -0.508 e. The molecule has 0 spiro atoms. The number of hydrogen-bond acceptors (Lipinski definition) is 24. The van der Waals surface area contributed by atoms with Gasteiger partial charge in [0, 0.05) is 118 Å². The first kappa shape index (κ1) is 111. The van der Waals surface area contributed by atoms with E-state index in [-0.39, 0.29) is 115 Å². The number of carbonyl (C=O) groups is 18. The van der Waals surface area contributed by atoms with Crippen LogP contribution in [0.4, 0.5) is 0 Å². The second kappa shape index (κ2) is 53.7. The Morgan fingerprint density at radius 3 is 1.73 bits per heavy atom. The van der Waals surface area contributed by atoms with Crippen LogP contribution in [0.25, 0.3) is 21.8 Å². The fraction of sp³-hybridized carbons (Fsp3) is 0.552. The molecular weight excluding hydrogens is 1850 g/mol. The number of rotatable bonds is 31. The molecule has 44 nitrogen and oxygen atoms in total. The molecule has 45 heteroatoms. The molecule has 0 aliphatic carbocycles. The topological polar surface area (TPSA) is 646 Å². The van der Waals surface area contributed by atoms with Crippen LogP contribution in [0.1, 0.15) is 166 Å². The Morgan fingerprint density at radius 2 is 1.09 bits per heavy atom. The predicted octanol–water partition coefficient (Wildman–Crippen LogP) is -0.170. The Morgan fingerprint density at radius 1 is 0.532 bits per heavy atom. The number of aliphatic hydroxyl groups excluding tert-OH is 1. The molecule has 6 aromatic rings. The lowest BCUT2D eigenvalue weighted by atomic mass is 9.99. The van der Waals surface area contributed by atoms with Crippen molar-refractivity contribution in [1.29, 1.82) is 0 Å². The highest BCUT2D eigenvalue weighted by Crippen LogP contribution is 2.29. The van der Waals surface area contributed by atoms with Crippen LogP contribution in [0.5, 0.6) is 5.75 Å². The molecule has 0 saturated carbocycles. The van der Waals surface area contributed by atoms with Gasteiger partial charge in [-0.1, -0.05) is 102 Å². The van der Waals surface area contributed by atoms with Gasteiger partial charge in [-0.3, -0.25) is 86.3 Å². The number of nitrogens with zero attached hydrogens (tertiary/aromatic N) is 7. The summed E-state index contributed by atoms with van der Waals surface area (Å²) in [5, 5.41) is 79.9. The number of aliphatic hydroxyl groups is 1. The van der Waals surface area contributed by atoms with Gasteiger partial charge in [-0.25, -0.2) is 4.98 Å². The third-order valence-electron chi connectivity index (χ3n) is 25.5. The molecule has 0 radical (unpaired) electrons. The van der Waals surface area contributed by atoms with Crippen molar-refractivity contribution in [3.63, 3.8) is 0 Å². The average Bonchev–Trinajstić information content (AvgIpc) is 1.72. The van der Waals surface area contributed by atoms with Crippen LogP contribution in [-0.2, 0) is 119 Å². The summed E-state index contributed by atoms with van der Waals surface area (Å²) < 4.78 is 1.45. The summed E-state index contributed by atoms with van der Waals surface area (Å²) in [4.78, 5) is 280. The van der Waals surface area contributed by atoms with Crippen LogP contribution < -0.4 is 64.6 Å². The highest BCUT2D eigenvalue weighted by molar-refractivity contribution is 8.00. The number of aromatic amines is 2. The number of carbonyl (C=O) groups excluding carboxylic acids is 15. The quantitative estimate of drug-likeness (QED) is 0.0251. The molecule has 3 fully saturated rings. The van der Waals surface area contributed by atoms with Gasteiger partial charge in [0.1, 0.15) is 103 Å². The van der Waals surface area contributed by atoms with Gasteiger partial charge in [0.25, 0.3) is 0 Å². The molecule has 141 heavy (non-hydrogen) atoms. The predicted molar refractivity (Wildman–Crippen MR) is 518 cm³/mol. The summed E-state index contributed by atoms with van der Waals surface area (Å²) in [5.41, 5.74) is 14.7. The van der Waals surface area contributed by atoms with Gasteiger partial charge in [0.15, 0.2) is 0 Å². The van der Waals surface area contributed by atoms with Crippen molar-refractivity contribution in [3.05, 3.63) is 120 Å². The lowest BCUT2D eigenvalue weighted by molar-refractivity contribution is -0.149. The second-order valence-electron chi connectivity index (χ2n) is 36.6. The number of nitrogens with one attached hydrogen (secondary N) is 12. The highest BCUT2D eigenvalue weighted by Gasteiger charge is 2.47. The maximum absolute atomic E-state index is 16.1. The van der Waals surface area contributed by atoms with Crippen molar-refractivity contribution < 1.29 is 112 Å². The number of benzene rings is 3. The number of phenolic OH excluding ortho intramolecular Hbond substituents is 1. The summed E-state index contributed by atoms with van der Waals surface area (Å²) >= 11 is 0.745. The van der Waals surface area contributed by atoms with Crippen LogP contribution in [0.2, 0.25) is 0 Å². The minimum atomic E-state index is -1.92. The van der Waals surface area contributed by atoms with Crippen LogP contribution >= 0.6 is 11.8 Å². The summed E-state index contributed by atoms with van der Waals surface area (Å²) in [6.45, 7) is 6.52. The van der Waals surface area contributed by atoms with Crippen molar-refractivity contribution in [2.75, 3.05) is 65.4 Å². The monoisotopic (exact) mass is 1980 g/mol. The second-order valence-corrected chi connectivity index (χ2v) is 37.6. The van der Waals surface area contributed by atoms with Gasteiger partial charge < -0.3 is 129 Å². The van der Waals surface area contributed by atoms with Crippen LogP contribution in [0.15, 0.2) is 97.7 Å². The third-order valence-corrected chi connectivity index (χ3v) is 26.5. The number of likely N-dealkylation sites (N-methyl/N-ethyl adjacent to an activating group) is 3. The summed E-state index contributed by atoms with van der Waals surface area (Å²) in [6, 6.07) is -2.65. The molecule has 3 saturated heterocycles. The number of aromatic hydroxyl groups is 1. The van der Waals surface area contributed by atoms with Crippen molar-refractivity contribution in [1.82, 2.24) is 97.2 Å². The number of aromatic nitrogens is 4. The van der Waals surface area contributed by atoms with E-state index in [0.717, 1.165) is 36.3 Å². The van der Waals surface area contributed by atoms with E-state index in [0.29, 0.717) is 82.7 Å². The number of aliphatic carboxylic acids is 3. The van der Waals surface area contributed by atoms with Crippen molar-refractivity contribution in [2.45, 2.75) is 267 Å². The van der Waals surface area contributed by atoms with E-state index in [4.69, 9.17) is 11.5 Å². The Kier molecular flexibility index (Phi) is 42.3. The highest BCUT2D eigenvalue weighted by atomic mass is 32.2. The van der Waals surface area contributed by atoms with Gasteiger partial charge in [0.2, 0.25) is 88.6 Å². The molecule has 15 amide bonds. The fourth-order valence-corrected chi connectivity index (χ4v) is 18.6. The van der Waals surface area contributed by atoms with E-state index in [1.54, 1.807) is 68.6 Å². The number of phenols is 1. The van der Waals surface area contributed by atoms with Crippen molar-refractivity contribution >= 4 is 140 Å². The van der Waals surface area contributed by atoms with Gasteiger partial charge in [-0.05, 0) is 138 Å². The number of imidazole rings is 1.